The standard InChI is InChI=1S/C27H19NS/c1-17-18-11-12-22-20(13-14-26-27(22)23-8-4-6-10-25(23)29-26)21(18)15-16-28(2)24-9-5-3-7-19(17)24/h3-16H,1H2,2H3/b16-15-. The van der Waals surface area contributed by atoms with Gasteiger partial charge < -0.3 is 4.90 Å². The Hall–Kier alpha value is -3.36. The van der Waals surface area contributed by atoms with Crippen LogP contribution in [0.2, 0.25) is 0 Å². The molecule has 6 rings (SSSR count). The fourth-order valence-corrected chi connectivity index (χ4v) is 5.67. The van der Waals surface area contributed by atoms with Gasteiger partial charge in [-0.1, -0.05) is 61.2 Å². The SMILES string of the molecule is C=C1c2ccccc2N(C)/C=C\c2c1ccc1c2ccc2sc3ccccc3c21. The third-order valence-corrected chi connectivity index (χ3v) is 7.12. The Morgan fingerprint density at radius 2 is 1.52 bits per heavy atom. The van der Waals surface area contributed by atoms with Crippen LogP contribution in [0.5, 0.6) is 0 Å². The third-order valence-electron chi connectivity index (χ3n) is 5.98. The lowest BCUT2D eigenvalue weighted by atomic mass is 9.88. The highest BCUT2D eigenvalue weighted by atomic mass is 32.1. The average molecular weight is 390 g/mol. The minimum Gasteiger partial charge on any atom is -0.351 e. The molecule has 29 heavy (non-hydrogen) atoms. The Balaban J connectivity index is 1.72. The maximum atomic E-state index is 4.48. The van der Waals surface area contributed by atoms with E-state index in [1.807, 2.05) is 11.3 Å². The highest BCUT2D eigenvalue weighted by Crippen LogP contribution is 2.42. The molecule has 0 amide bonds. The summed E-state index contributed by atoms with van der Waals surface area (Å²) in [4.78, 5) is 2.18. The molecular weight excluding hydrogens is 370 g/mol. The number of benzene rings is 4. The van der Waals surface area contributed by atoms with Crippen molar-refractivity contribution in [2.45, 2.75) is 0 Å². The minimum absolute atomic E-state index is 1.07. The van der Waals surface area contributed by atoms with Crippen molar-refractivity contribution in [2.75, 3.05) is 11.9 Å². The molecule has 1 nitrogen and oxygen atoms in total. The van der Waals surface area contributed by atoms with Gasteiger partial charge in [-0.3, -0.25) is 0 Å². The van der Waals surface area contributed by atoms with Gasteiger partial charge in [-0.2, -0.15) is 0 Å². The second-order valence-corrected chi connectivity index (χ2v) is 8.66. The van der Waals surface area contributed by atoms with Crippen molar-refractivity contribution in [2.24, 2.45) is 0 Å². The monoisotopic (exact) mass is 389 g/mol. The van der Waals surface area contributed by atoms with Crippen molar-refractivity contribution in [3.05, 3.63) is 102 Å². The first kappa shape index (κ1) is 16.6. The number of para-hydroxylation sites is 1. The van der Waals surface area contributed by atoms with Crippen LogP contribution in [-0.2, 0) is 0 Å². The van der Waals surface area contributed by atoms with Gasteiger partial charge in [-0.25, -0.2) is 0 Å². The summed E-state index contributed by atoms with van der Waals surface area (Å²) >= 11 is 1.87. The summed E-state index contributed by atoms with van der Waals surface area (Å²) in [5, 5.41) is 5.30. The minimum atomic E-state index is 1.07. The van der Waals surface area contributed by atoms with Gasteiger partial charge in [0, 0.05) is 44.7 Å². The Morgan fingerprint density at radius 3 is 2.45 bits per heavy atom. The lowest BCUT2D eigenvalue weighted by Crippen LogP contribution is -2.12. The van der Waals surface area contributed by atoms with Crippen LogP contribution in [0.15, 0.2) is 85.6 Å². The Morgan fingerprint density at radius 1 is 0.724 bits per heavy atom. The highest BCUT2D eigenvalue weighted by molar-refractivity contribution is 7.26. The topological polar surface area (TPSA) is 3.24 Å². The zero-order valence-corrected chi connectivity index (χ0v) is 17.0. The van der Waals surface area contributed by atoms with Gasteiger partial charge in [-0.15, -0.1) is 11.3 Å². The first-order valence-corrected chi connectivity index (χ1v) is 10.6. The van der Waals surface area contributed by atoms with E-state index in [2.05, 4.69) is 104 Å². The summed E-state index contributed by atoms with van der Waals surface area (Å²) in [7, 11) is 2.10. The molecule has 138 valence electrons. The van der Waals surface area contributed by atoms with Crippen molar-refractivity contribution in [1.29, 1.82) is 0 Å². The molecule has 0 atom stereocenters. The summed E-state index contributed by atoms with van der Waals surface area (Å²) in [5.41, 5.74) is 5.88. The molecule has 1 aromatic heterocycles. The van der Waals surface area contributed by atoms with Crippen LogP contribution in [-0.4, -0.2) is 7.05 Å². The highest BCUT2D eigenvalue weighted by Gasteiger charge is 2.18. The van der Waals surface area contributed by atoms with Crippen LogP contribution in [0.3, 0.4) is 0 Å². The van der Waals surface area contributed by atoms with Crippen LogP contribution in [0.4, 0.5) is 5.69 Å². The molecule has 0 saturated heterocycles. The van der Waals surface area contributed by atoms with E-state index in [1.54, 1.807) is 0 Å². The first-order chi connectivity index (χ1) is 14.2. The number of thiophene rings is 1. The van der Waals surface area contributed by atoms with Gasteiger partial charge in [0.25, 0.3) is 0 Å². The number of hydrogen-bond donors (Lipinski definition) is 0. The predicted molar refractivity (Wildman–Crippen MR) is 129 cm³/mol. The molecule has 5 aromatic rings. The summed E-state index contributed by atoms with van der Waals surface area (Å²) in [6, 6.07) is 26.3. The molecule has 0 N–H and O–H groups in total. The molecule has 0 saturated carbocycles. The summed E-state index contributed by atoms with van der Waals surface area (Å²) in [6.45, 7) is 4.48. The number of anilines is 1. The first-order valence-electron chi connectivity index (χ1n) is 9.79. The Labute approximate surface area is 173 Å². The zero-order valence-electron chi connectivity index (χ0n) is 16.1. The molecule has 1 aliphatic rings. The van der Waals surface area contributed by atoms with E-state index >= 15 is 0 Å². The van der Waals surface area contributed by atoms with E-state index in [-0.39, 0.29) is 0 Å². The van der Waals surface area contributed by atoms with Gasteiger partial charge in [0.2, 0.25) is 0 Å². The largest absolute Gasteiger partial charge is 0.351 e. The molecule has 0 radical (unpaired) electrons. The second kappa shape index (κ2) is 6.07. The van der Waals surface area contributed by atoms with Crippen molar-refractivity contribution in [3.63, 3.8) is 0 Å². The summed E-state index contributed by atoms with van der Waals surface area (Å²) in [6.07, 6.45) is 4.40. The van der Waals surface area contributed by atoms with Crippen LogP contribution in [0.1, 0.15) is 16.7 Å². The number of fused-ring (bicyclic) bond motifs is 8. The van der Waals surface area contributed by atoms with E-state index < -0.39 is 0 Å². The molecular formula is C27H19NS. The third kappa shape index (κ3) is 2.33. The molecule has 0 fully saturated rings. The molecule has 0 aliphatic carbocycles. The average Bonchev–Trinajstić information content (AvgIpc) is 3.15. The van der Waals surface area contributed by atoms with Crippen molar-refractivity contribution in [1.82, 2.24) is 0 Å². The molecule has 2 heterocycles. The molecule has 0 unspecified atom stereocenters. The lowest BCUT2D eigenvalue weighted by molar-refractivity contribution is 1.20. The maximum Gasteiger partial charge on any atom is 0.0483 e. The molecule has 0 bridgehead atoms. The van der Waals surface area contributed by atoms with Crippen LogP contribution in [0.25, 0.3) is 42.6 Å². The van der Waals surface area contributed by atoms with Gasteiger partial charge in [0.15, 0.2) is 0 Å². The fourth-order valence-electron chi connectivity index (χ4n) is 4.54. The van der Waals surface area contributed by atoms with Crippen molar-refractivity contribution < 1.29 is 0 Å². The Bertz CT molecular complexity index is 1490. The summed E-state index contributed by atoms with van der Waals surface area (Å²) < 4.78 is 2.69. The lowest BCUT2D eigenvalue weighted by Gasteiger charge is -2.24. The summed E-state index contributed by atoms with van der Waals surface area (Å²) in [5.74, 6) is 0. The van der Waals surface area contributed by atoms with E-state index in [0.29, 0.717) is 0 Å². The molecule has 2 heteroatoms. The predicted octanol–water partition coefficient (Wildman–Crippen LogP) is 7.69. The molecule has 4 aromatic carbocycles. The van der Waals surface area contributed by atoms with E-state index in [0.717, 1.165) is 5.57 Å². The van der Waals surface area contributed by atoms with Gasteiger partial charge in [0.05, 0.1) is 0 Å². The number of hydrogen-bond acceptors (Lipinski definition) is 2. The van der Waals surface area contributed by atoms with Gasteiger partial charge in [-0.05, 0) is 51.7 Å². The van der Waals surface area contributed by atoms with E-state index in [4.69, 9.17) is 0 Å². The van der Waals surface area contributed by atoms with Gasteiger partial charge in [0.1, 0.15) is 0 Å². The fraction of sp³-hybridized carbons (Fsp3) is 0.0370. The number of rotatable bonds is 0. The smallest absolute Gasteiger partial charge is 0.0483 e. The van der Waals surface area contributed by atoms with Crippen molar-refractivity contribution >= 4 is 59.6 Å². The van der Waals surface area contributed by atoms with Crippen LogP contribution >= 0.6 is 11.3 Å². The van der Waals surface area contributed by atoms with Crippen LogP contribution in [0, 0.1) is 0 Å². The van der Waals surface area contributed by atoms with E-state index in [1.165, 1.54) is 53.3 Å². The maximum absolute atomic E-state index is 4.48. The van der Waals surface area contributed by atoms with E-state index in [9.17, 15) is 0 Å². The molecule has 1 aliphatic heterocycles. The second-order valence-electron chi connectivity index (χ2n) is 7.58. The zero-order chi connectivity index (χ0) is 19.5. The van der Waals surface area contributed by atoms with Gasteiger partial charge >= 0.3 is 0 Å². The molecule has 0 spiro atoms. The van der Waals surface area contributed by atoms with Crippen LogP contribution < -0.4 is 4.90 Å². The number of nitrogens with zero attached hydrogens (tertiary/aromatic N) is 1. The van der Waals surface area contributed by atoms with Crippen molar-refractivity contribution in [3.8, 4) is 0 Å². The normalized spacial score (nSPS) is 14.7. The quantitative estimate of drug-likeness (QED) is 0.262. The Kier molecular flexibility index (Phi) is 3.47.